The van der Waals surface area contributed by atoms with Gasteiger partial charge in [0, 0.05) is 5.69 Å². The van der Waals surface area contributed by atoms with Crippen LogP contribution in [0.25, 0.3) is 0 Å². The lowest BCUT2D eigenvalue weighted by atomic mass is 9.86. The Balaban J connectivity index is 1.43. The van der Waals surface area contributed by atoms with Gasteiger partial charge in [0.15, 0.2) is 0 Å². The number of aryl methyl sites for hydroxylation is 1. The van der Waals surface area contributed by atoms with E-state index < -0.39 is 0 Å². The standard InChI is InChI=1S/C24H21N5O2/c1-14-7-11-18(12-8-14)29-24-26-22(30)19-15-9-10-16(13-15)20(19)28(24)21(27-29)23(31)25-17-5-3-2-4-6-17/h2-12,15-16,19-20H,13H2,1H3,(H,25,31)/t15-,16+,19-,20+/m0/s1. The van der Waals surface area contributed by atoms with Crippen LogP contribution in [0.2, 0.25) is 0 Å². The number of amidine groups is 1. The third-order valence-corrected chi connectivity index (χ3v) is 6.55. The number of nitrogens with zero attached hydrogens (tertiary/aromatic N) is 4. The van der Waals surface area contributed by atoms with Crippen molar-refractivity contribution >= 4 is 35.0 Å². The average molecular weight is 411 g/mol. The van der Waals surface area contributed by atoms with Crippen LogP contribution in [0, 0.1) is 24.7 Å². The van der Waals surface area contributed by atoms with E-state index in [0.29, 0.717) is 11.6 Å². The van der Waals surface area contributed by atoms with Crippen molar-refractivity contribution in [2.24, 2.45) is 27.8 Å². The number of hydrogen-bond acceptors (Lipinski definition) is 5. The Labute approximate surface area is 179 Å². The van der Waals surface area contributed by atoms with Gasteiger partial charge in [-0.05, 0) is 49.4 Å². The Bertz CT molecular complexity index is 1170. The van der Waals surface area contributed by atoms with Crippen molar-refractivity contribution < 1.29 is 9.59 Å². The number of para-hydroxylation sites is 1. The molecular weight excluding hydrogens is 390 g/mol. The Morgan fingerprint density at radius 2 is 1.77 bits per heavy atom. The molecule has 1 saturated carbocycles. The molecule has 4 atom stereocenters. The van der Waals surface area contributed by atoms with E-state index in [1.807, 2.05) is 66.4 Å². The smallest absolute Gasteiger partial charge is 0.293 e. The van der Waals surface area contributed by atoms with Gasteiger partial charge in [0.2, 0.25) is 11.8 Å². The number of fused-ring (bicyclic) bond motifs is 7. The number of guanidine groups is 1. The largest absolute Gasteiger partial charge is 0.319 e. The van der Waals surface area contributed by atoms with Gasteiger partial charge in [0.1, 0.15) is 0 Å². The molecule has 7 heteroatoms. The van der Waals surface area contributed by atoms with E-state index in [2.05, 4.69) is 27.6 Å². The first-order valence-corrected chi connectivity index (χ1v) is 10.5. The molecule has 2 aliphatic carbocycles. The molecule has 4 aliphatic rings. The Kier molecular flexibility index (Phi) is 3.86. The minimum Gasteiger partial charge on any atom is -0.319 e. The zero-order valence-corrected chi connectivity index (χ0v) is 17.0. The molecule has 2 bridgehead atoms. The number of allylic oxidation sites excluding steroid dienone is 1. The summed E-state index contributed by atoms with van der Waals surface area (Å²) in [5, 5.41) is 9.22. The molecule has 0 radical (unpaired) electrons. The number of hydrogen-bond donors (Lipinski definition) is 1. The maximum Gasteiger partial charge on any atom is 0.293 e. The van der Waals surface area contributed by atoms with Crippen molar-refractivity contribution in [3.8, 4) is 0 Å². The van der Waals surface area contributed by atoms with E-state index in [0.717, 1.165) is 17.7 Å². The summed E-state index contributed by atoms with van der Waals surface area (Å²) in [4.78, 5) is 32.6. The zero-order valence-electron chi connectivity index (χ0n) is 17.0. The van der Waals surface area contributed by atoms with Crippen LogP contribution in [0.5, 0.6) is 0 Å². The van der Waals surface area contributed by atoms with Gasteiger partial charge in [0.05, 0.1) is 17.6 Å². The van der Waals surface area contributed by atoms with Crippen LogP contribution >= 0.6 is 0 Å². The summed E-state index contributed by atoms with van der Waals surface area (Å²) < 4.78 is 0. The molecule has 154 valence electrons. The van der Waals surface area contributed by atoms with Crippen molar-refractivity contribution in [2.75, 3.05) is 10.3 Å². The van der Waals surface area contributed by atoms with Gasteiger partial charge in [0.25, 0.3) is 11.8 Å². The summed E-state index contributed by atoms with van der Waals surface area (Å²) in [5.74, 6) is 0.405. The highest BCUT2D eigenvalue weighted by Gasteiger charge is 2.57. The van der Waals surface area contributed by atoms with Gasteiger partial charge >= 0.3 is 0 Å². The summed E-state index contributed by atoms with van der Waals surface area (Å²) in [5.41, 5.74) is 2.58. The molecule has 6 rings (SSSR count). The van der Waals surface area contributed by atoms with E-state index in [1.54, 1.807) is 5.01 Å². The molecule has 1 N–H and O–H groups in total. The van der Waals surface area contributed by atoms with Crippen LogP contribution in [-0.2, 0) is 9.59 Å². The van der Waals surface area contributed by atoms with Gasteiger partial charge in [-0.1, -0.05) is 48.0 Å². The van der Waals surface area contributed by atoms with E-state index in [4.69, 9.17) is 0 Å². The SMILES string of the molecule is Cc1ccc(N2N=C(C(=O)Nc3ccccc3)N3C2=NC(=O)[C@@H]2[C@H]3[C@@H]3C=C[C@H]2C3)cc1. The van der Waals surface area contributed by atoms with Crippen molar-refractivity contribution in [2.45, 2.75) is 19.4 Å². The number of aliphatic imine (C=N–C) groups is 1. The average Bonchev–Trinajstić information content (AvgIpc) is 3.48. The number of rotatable bonds is 3. The fourth-order valence-electron chi connectivity index (χ4n) is 5.13. The first-order chi connectivity index (χ1) is 15.1. The minimum absolute atomic E-state index is 0.120. The fraction of sp³-hybridized carbons (Fsp3) is 0.250. The van der Waals surface area contributed by atoms with Crippen molar-refractivity contribution in [1.82, 2.24) is 4.90 Å². The number of amides is 2. The second kappa shape index (κ2) is 6.63. The number of carbonyl (C=O) groups excluding carboxylic acids is 2. The molecule has 31 heavy (non-hydrogen) atoms. The van der Waals surface area contributed by atoms with E-state index in [9.17, 15) is 9.59 Å². The molecule has 0 unspecified atom stereocenters. The fourth-order valence-corrected chi connectivity index (χ4v) is 5.13. The third-order valence-electron chi connectivity index (χ3n) is 6.55. The topological polar surface area (TPSA) is 77.4 Å². The molecule has 7 nitrogen and oxygen atoms in total. The Morgan fingerprint density at radius 3 is 2.55 bits per heavy atom. The lowest BCUT2D eigenvalue weighted by molar-refractivity contribution is -0.124. The molecule has 0 saturated heterocycles. The van der Waals surface area contributed by atoms with Gasteiger partial charge in [-0.15, -0.1) is 5.10 Å². The van der Waals surface area contributed by atoms with Crippen LogP contribution in [-0.4, -0.2) is 34.6 Å². The second-order valence-electron chi connectivity index (χ2n) is 8.48. The zero-order chi connectivity index (χ0) is 21.1. The lowest BCUT2D eigenvalue weighted by Gasteiger charge is -2.38. The lowest BCUT2D eigenvalue weighted by Crippen LogP contribution is -2.57. The predicted molar refractivity (Wildman–Crippen MR) is 118 cm³/mol. The van der Waals surface area contributed by atoms with E-state index in [-0.39, 0.29) is 41.4 Å². The summed E-state index contributed by atoms with van der Waals surface area (Å²) in [6.07, 6.45) is 5.21. The minimum atomic E-state index is -0.312. The van der Waals surface area contributed by atoms with Crippen LogP contribution in [0.1, 0.15) is 12.0 Å². The Hall–Kier alpha value is -3.74. The highest BCUT2D eigenvalue weighted by molar-refractivity contribution is 6.47. The monoisotopic (exact) mass is 411 g/mol. The highest BCUT2D eigenvalue weighted by Crippen LogP contribution is 2.49. The first kappa shape index (κ1) is 18.1. The van der Waals surface area contributed by atoms with Crippen LogP contribution in [0.15, 0.2) is 76.8 Å². The van der Waals surface area contributed by atoms with Gasteiger partial charge in [-0.2, -0.15) is 10.0 Å². The molecule has 1 fully saturated rings. The number of nitrogens with one attached hydrogen (secondary N) is 1. The molecule has 0 aromatic heterocycles. The van der Waals surface area contributed by atoms with Gasteiger partial charge in [-0.25, -0.2) is 0 Å². The molecule has 2 aromatic rings. The predicted octanol–water partition coefficient (Wildman–Crippen LogP) is 3.16. The van der Waals surface area contributed by atoms with Gasteiger partial charge < -0.3 is 5.32 Å². The molecule has 0 spiro atoms. The van der Waals surface area contributed by atoms with Crippen LogP contribution < -0.4 is 10.3 Å². The third kappa shape index (κ3) is 2.73. The van der Waals surface area contributed by atoms with E-state index in [1.165, 1.54) is 0 Å². The summed E-state index contributed by atoms with van der Waals surface area (Å²) in [6, 6.07) is 17.0. The highest BCUT2D eigenvalue weighted by atomic mass is 16.2. The normalized spacial score (nSPS) is 27.7. The quantitative estimate of drug-likeness (QED) is 0.787. The number of anilines is 2. The molecule has 2 aromatic carbocycles. The first-order valence-electron chi connectivity index (χ1n) is 10.5. The van der Waals surface area contributed by atoms with Crippen LogP contribution in [0.3, 0.4) is 0 Å². The van der Waals surface area contributed by atoms with Crippen molar-refractivity contribution in [3.05, 3.63) is 72.3 Å². The Morgan fingerprint density at radius 1 is 1.03 bits per heavy atom. The van der Waals surface area contributed by atoms with Gasteiger partial charge in [-0.3, -0.25) is 14.5 Å². The second-order valence-corrected chi connectivity index (χ2v) is 8.48. The molecule has 2 amide bonds. The maximum absolute atomic E-state index is 13.3. The summed E-state index contributed by atoms with van der Waals surface area (Å²) in [6.45, 7) is 2.01. The number of hydrazone groups is 1. The molecular formula is C24H21N5O2. The number of benzene rings is 2. The maximum atomic E-state index is 13.3. The van der Waals surface area contributed by atoms with E-state index >= 15 is 0 Å². The molecule has 2 aliphatic heterocycles. The van der Waals surface area contributed by atoms with Crippen molar-refractivity contribution in [1.29, 1.82) is 0 Å². The van der Waals surface area contributed by atoms with Crippen LogP contribution in [0.4, 0.5) is 11.4 Å². The van der Waals surface area contributed by atoms with Crippen molar-refractivity contribution in [3.63, 3.8) is 0 Å². The molecule has 2 heterocycles. The summed E-state index contributed by atoms with van der Waals surface area (Å²) in [7, 11) is 0. The number of carbonyl (C=O) groups is 2. The summed E-state index contributed by atoms with van der Waals surface area (Å²) >= 11 is 0.